The molecule has 1 heterocycles. The van der Waals surface area contributed by atoms with Gasteiger partial charge in [-0.2, -0.15) is 0 Å². The van der Waals surface area contributed by atoms with Gasteiger partial charge in [-0.3, -0.25) is 0 Å². The number of benzene rings is 2. The highest BCUT2D eigenvalue weighted by Gasteiger charge is 2.21. The predicted octanol–water partition coefficient (Wildman–Crippen LogP) is 4.33. The predicted molar refractivity (Wildman–Crippen MR) is 125 cm³/mol. The molecule has 31 heavy (non-hydrogen) atoms. The third-order valence-corrected chi connectivity index (χ3v) is 5.72. The third-order valence-electron chi connectivity index (χ3n) is 5.72. The second-order valence-electron chi connectivity index (χ2n) is 9.39. The molecule has 3 rings (SSSR count). The number of nitrogens with zero attached hydrogens (tertiary/aromatic N) is 2. The lowest BCUT2D eigenvalue weighted by molar-refractivity contribution is 0.142. The quantitative estimate of drug-likeness (QED) is 0.673. The van der Waals surface area contributed by atoms with Crippen molar-refractivity contribution in [1.82, 2.24) is 9.80 Å². The molecule has 4 heteroatoms. The lowest BCUT2D eigenvalue weighted by atomic mass is 9.97. The highest BCUT2D eigenvalue weighted by molar-refractivity contribution is 5.37. The molecule has 2 aromatic rings. The molecule has 1 fully saturated rings. The Labute approximate surface area is 186 Å². The van der Waals surface area contributed by atoms with E-state index in [1.165, 1.54) is 24.0 Å². The van der Waals surface area contributed by atoms with Crippen molar-refractivity contribution >= 4 is 0 Å². The smallest absolute Gasteiger partial charge is 0.123 e. The molecule has 0 spiro atoms. The maximum absolute atomic E-state index is 13.1. The second-order valence-corrected chi connectivity index (χ2v) is 9.39. The van der Waals surface area contributed by atoms with Crippen LogP contribution in [-0.2, 0) is 13.0 Å². The second kappa shape index (κ2) is 10.9. The van der Waals surface area contributed by atoms with Crippen LogP contribution in [0.25, 0.3) is 0 Å². The molecule has 2 aromatic carbocycles. The summed E-state index contributed by atoms with van der Waals surface area (Å²) in [5.41, 5.74) is 2.44. The van der Waals surface area contributed by atoms with E-state index >= 15 is 0 Å². The van der Waals surface area contributed by atoms with Crippen molar-refractivity contribution in [1.29, 1.82) is 0 Å². The van der Waals surface area contributed by atoms with Crippen LogP contribution in [0.3, 0.4) is 0 Å². The molecule has 0 amide bonds. The number of halogens is 1. The monoisotopic (exact) mass is 422 g/mol. The Hall–Kier alpha value is -2.19. The topological polar surface area (TPSA) is 26.7 Å². The Morgan fingerprint density at radius 1 is 1.10 bits per heavy atom. The van der Waals surface area contributed by atoms with Crippen LogP contribution < -0.4 is 0 Å². The van der Waals surface area contributed by atoms with Crippen LogP contribution in [0.15, 0.2) is 48.5 Å². The van der Waals surface area contributed by atoms with Gasteiger partial charge in [-0.1, -0.05) is 36.1 Å². The van der Waals surface area contributed by atoms with Gasteiger partial charge in [0, 0.05) is 31.7 Å². The average Bonchev–Trinajstić information content (AvgIpc) is 2.72. The number of likely N-dealkylation sites (tertiary alicyclic amines) is 1. The van der Waals surface area contributed by atoms with Gasteiger partial charge in [0.2, 0.25) is 0 Å². The normalized spacial score (nSPS) is 17.4. The summed E-state index contributed by atoms with van der Waals surface area (Å²) in [6.45, 7) is 8.74. The molecule has 3 nitrogen and oxygen atoms in total. The van der Waals surface area contributed by atoms with Gasteiger partial charge in [0.15, 0.2) is 0 Å². The summed E-state index contributed by atoms with van der Waals surface area (Å²) >= 11 is 0. The highest BCUT2D eigenvalue weighted by atomic mass is 19.1. The van der Waals surface area contributed by atoms with E-state index in [0.29, 0.717) is 5.92 Å². The van der Waals surface area contributed by atoms with E-state index < -0.39 is 5.60 Å². The molecule has 0 radical (unpaired) electrons. The molecule has 166 valence electrons. The molecule has 0 saturated carbocycles. The summed E-state index contributed by atoms with van der Waals surface area (Å²) in [5.74, 6) is 6.40. The fourth-order valence-corrected chi connectivity index (χ4v) is 4.18. The van der Waals surface area contributed by atoms with Crippen molar-refractivity contribution in [3.8, 4) is 11.8 Å². The number of aliphatic hydroxyl groups is 1. The first kappa shape index (κ1) is 23.5. The molecule has 0 aliphatic carbocycles. The van der Waals surface area contributed by atoms with Crippen LogP contribution in [0.4, 0.5) is 4.39 Å². The standard InChI is InChI=1S/C27H35FN2O/c1-27(2,31)16-14-22-6-8-24(9-7-22)19-29(3)20-25-5-4-17-30(21-25)18-15-23-10-12-26(28)13-11-23/h6-13,25,31H,4-5,15,17-21H2,1-3H3. The van der Waals surface area contributed by atoms with Crippen molar-refractivity contribution in [3.05, 3.63) is 71.0 Å². The Bertz CT molecular complexity index is 875. The largest absolute Gasteiger partial charge is 0.378 e. The zero-order valence-corrected chi connectivity index (χ0v) is 19.1. The van der Waals surface area contributed by atoms with E-state index in [2.05, 4.69) is 40.8 Å². The summed E-state index contributed by atoms with van der Waals surface area (Å²) in [5, 5.41) is 9.73. The Morgan fingerprint density at radius 3 is 2.45 bits per heavy atom. The van der Waals surface area contributed by atoms with Crippen molar-refractivity contribution < 1.29 is 9.50 Å². The minimum absolute atomic E-state index is 0.165. The van der Waals surface area contributed by atoms with Crippen LogP contribution in [0, 0.1) is 23.6 Å². The molecule has 1 aliphatic rings. The van der Waals surface area contributed by atoms with Crippen LogP contribution >= 0.6 is 0 Å². The summed E-state index contributed by atoms with van der Waals surface area (Å²) in [7, 11) is 2.19. The maximum Gasteiger partial charge on any atom is 0.123 e. The van der Waals surface area contributed by atoms with Crippen LogP contribution in [0.5, 0.6) is 0 Å². The van der Waals surface area contributed by atoms with Crippen LogP contribution in [-0.4, -0.2) is 53.7 Å². The van der Waals surface area contributed by atoms with Gasteiger partial charge < -0.3 is 14.9 Å². The van der Waals surface area contributed by atoms with E-state index in [1.807, 2.05) is 24.3 Å². The first-order chi connectivity index (χ1) is 14.8. The number of hydrogen-bond donors (Lipinski definition) is 1. The van der Waals surface area contributed by atoms with Gasteiger partial charge in [0.05, 0.1) is 0 Å². The lowest BCUT2D eigenvalue weighted by Gasteiger charge is -2.34. The van der Waals surface area contributed by atoms with Crippen LogP contribution in [0.1, 0.15) is 43.4 Å². The Morgan fingerprint density at radius 2 is 1.77 bits per heavy atom. The van der Waals surface area contributed by atoms with E-state index in [1.54, 1.807) is 26.0 Å². The summed E-state index contributed by atoms with van der Waals surface area (Å²) in [6, 6.07) is 15.2. The van der Waals surface area contributed by atoms with Crippen molar-refractivity contribution in [2.24, 2.45) is 5.92 Å². The molecular weight excluding hydrogens is 387 g/mol. The minimum Gasteiger partial charge on any atom is -0.378 e. The van der Waals surface area contributed by atoms with Crippen molar-refractivity contribution in [2.45, 2.75) is 45.3 Å². The fourth-order valence-electron chi connectivity index (χ4n) is 4.18. The van der Waals surface area contributed by atoms with Gasteiger partial charge in [-0.05, 0) is 88.0 Å². The van der Waals surface area contributed by atoms with Gasteiger partial charge in [0.25, 0.3) is 0 Å². The number of hydrogen-bond acceptors (Lipinski definition) is 3. The lowest BCUT2D eigenvalue weighted by Crippen LogP contribution is -2.40. The summed E-state index contributed by atoms with van der Waals surface area (Å²) < 4.78 is 13.1. The van der Waals surface area contributed by atoms with Gasteiger partial charge in [0.1, 0.15) is 11.4 Å². The number of rotatable bonds is 7. The van der Waals surface area contributed by atoms with E-state index in [9.17, 15) is 9.50 Å². The Kier molecular flexibility index (Phi) is 8.26. The Balaban J connectivity index is 1.44. The first-order valence-electron chi connectivity index (χ1n) is 11.3. The van der Waals surface area contributed by atoms with E-state index in [0.717, 1.165) is 44.7 Å². The van der Waals surface area contributed by atoms with Gasteiger partial charge in [-0.15, -0.1) is 0 Å². The maximum atomic E-state index is 13.1. The highest BCUT2D eigenvalue weighted by Crippen LogP contribution is 2.19. The SMILES string of the molecule is CN(Cc1ccc(C#CC(C)(C)O)cc1)CC1CCCN(CCc2ccc(F)cc2)C1. The first-order valence-corrected chi connectivity index (χ1v) is 11.3. The zero-order chi connectivity index (χ0) is 22.3. The van der Waals surface area contributed by atoms with Gasteiger partial charge in [-0.25, -0.2) is 4.39 Å². The number of piperidine rings is 1. The van der Waals surface area contributed by atoms with Crippen molar-refractivity contribution in [3.63, 3.8) is 0 Å². The molecule has 0 bridgehead atoms. The van der Waals surface area contributed by atoms with Crippen molar-refractivity contribution in [2.75, 3.05) is 33.2 Å². The summed E-state index contributed by atoms with van der Waals surface area (Å²) in [6.07, 6.45) is 3.50. The zero-order valence-electron chi connectivity index (χ0n) is 19.1. The molecule has 1 saturated heterocycles. The van der Waals surface area contributed by atoms with E-state index in [4.69, 9.17) is 0 Å². The summed E-state index contributed by atoms with van der Waals surface area (Å²) in [4.78, 5) is 4.97. The minimum atomic E-state index is -0.966. The van der Waals surface area contributed by atoms with Crippen LogP contribution in [0.2, 0.25) is 0 Å². The fraction of sp³-hybridized carbons (Fsp3) is 0.481. The molecule has 1 aliphatic heterocycles. The molecule has 1 N–H and O–H groups in total. The molecular formula is C27H35FN2O. The average molecular weight is 423 g/mol. The molecule has 1 unspecified atom stereocenters. The molecule has 0 aromatic heterocycles. The van der Waals surface area contributed by atoms with Gasteiger partial charge >= 0.3 is 0 Å². The van der Waals surface area contributed by atoms with E-state index in [-0.39, 0.29) is 5.82 Å². The molecule has 1 atom stereocenters. The third kappa shape index (κ3) is 8.45.